The highest BCUT2D eigenvalue weighted by Gasteiger charge is 2.39. The van der Waals surface area contributed by atoms with Gasteiger partial charge in [0.25, 0.3) is 0 Å². The number of amidine groups is 1. The number of hydrogen-bond acceptors (Lipinski definition) is 2. The van der Waals surface area contributed by atoms with E-state index in [2.05, 4.69) is 24.4 Å². The second kappa shape index (κ2) is 5.37. The monoisotopic (exact) mass is 294 g/mol. The Morgan fingerprint density at radius 3 is 2.63 bits per heavy atom. The van der Waals surface area contributed by atoms with Gasteiger partial charge >= 0.3 is 0 Å². The summed E-state index contributed by atoms with van der Waals surface area (Å²) >= 11 is 7.79. The molecular formula is C15H19ClN2S. The van der Waals surface area contributed by atoms with Crippen LogP contribution < -0.4 is 5.32 Å². The molecule has 102 valence electrons. The molecule has 3 rings (SSSR count). The van der Waals surface area contributed by atoms with Gasteiger partial charge in [-0.2, -0.15) is 0 Å². The maximum absolute atomic E-state index is 5.92. The van der Waals surface area contributed by atoms with Crippen LogP contribution >= 0.6 is 23.4 Å². The number of thioether (sulfide) groups is 1. The van der Waals surface area contributed by atoms with Crippen molar-refractivity contribution in [3.63, 3.8) is 0 Å². The molecule has 4 heteroatoms. The van der Waals surface area contributed by atoms with Gasteiger partial charge in [0.05, 0.1) is 6.04 Å². The molecule has 2 nitrogen and oxygen atoms in total. The zero-order valence-corrected chi connectivity index (χ0v) is 12.7. The van der Waals surface area contributed by atoms with E-state index in [1.54, 1.807) is 0 Å². The summed E-state index contributed by atoms with van der Waals surface area (Å²) in [5, 5.41) is 5.56. The normalized spacial score (nSPS) is 24.8. The molecular weight excluding hydrogens is 276 g/mol. The van der Waals surface area contributed by atoms with Gasteiger partial charge in [-0.05, 0) is 37.5 Å². The maximum atomic E-state index is 5.92. The first-order valence-electron chi connectivity index (χ1n) is 6.91. The number of nitrogens with one attached hydrogen (secondary N) is 1. The third-order valence-electron chi connectivity index (χ3n) is 4.08. The average Bonchev–Trinajstić information content (AvgIpc) is 3.01. The van der Waals surface area contributed by atoms with Crippen LogP contribution in [-0.4, -0.2) is 16.5 Å². The van der Waals surface area contributed by atoms with Gasteiger partial charge in [0.2, 0.25) is 0 Å². The predicted octanol–water partition coefficient (Wildman–Crippen LogP) is 4.41. The number of rotatable bonds is 2. The van der Waals surface area contributed by atoms with Gasteiger partial charge in [0.15, 0.2) is 5.17 Å². The van der Waals surface area contributed by atoms with Crippen LogP contribution in [0, 0.1) is 0 Å². The smallest absolute Gasteiger partial charge is 0.157 e. The lowest BCUT2D eigenvalue weighted by atomic mass is 10.0. The third kappa shape index (κ3) is 2.92. The first kappa shape index (κ1) is 13.3. The summed E-state index contributed by atoms with van der Waals surface area (Å²) < 4.78 is 0. The van der Waals surface area contributed by atoms with Gasteiger partial charge in [-0.15, -0.1) is 0 Å². The van der Waals surface area contributed by atoms with E-state index in [-0.39, 0.29) is 6.04 Å². The molecule has 1 heterocycles. The van der Waals surface area contributed by atoms with E-state index in [9.17, 15) is 0 Å². The molecule has 1 saturated heterocycles. The molecule has 1 N–H and O–H groups in total. The molecule has 1 atom stereocenters. The van der Waals surface area contributed by atoms with Crippen molar-refractivity contribution in [1.29, 1.82) is 0 Å². The summed E-state index contributed by atoms with van der Waals surface area (Å²) in [6.45, 7) is 2.14. The van der Waals surface area contributed by atoms with Crippen molar-refractivity contribution in [3.8, 4) is 0 Å². The maximum Gasteiger partial charge on any atom is 0.157 e. The van der Waals surface area contributed by atoms with Crippen molar-refractivity contribution < 1.29 is 0 Å². The van der Waals surface area contributed by atoms with Crippen LogP contribution in [0.1, 0.15) is 44.2 Å². The zero-order chi connectivity index (χ0) is 13.3. The Morgan fingerprint density at radius 2 is 1.95 bits per heavy atom. The average molecular weight is 295 g/mol. The fourth-order valence-electron chi connectivity index (χ4n) is 2.89. The number of benzene rings is 1. The summed E-state index contributed by atoms with van der Waals surface area (Å²) in [5.74, 6) is 1.18. The standard InChI is InChI=1S/C15H19ClN2S/c1-11(12-4-6-13(16)7-5-12)17-14-18-15(10-19-14)8-2-3-9-15/h4-7,11H,2-3,8-10H2,1H3,(H,17,18). The Balaban J connectivity index is 1.70. The van der Waals surface area contributed by atoms with Crippen LogP contribution in [0.2, 0.25) is 5.02 Å². The van der Waals surface area contributed by atoms with E-state index < -0.39 is 0 Å². The van der Waals surface area contributed by atoms with Crippen molar-refractivity contribution in [2.75, 3.05) is 5.75 Å². The fourth-order valence-corrected chi connectivity index (χ4v) is 4.31. The lowest BCUT2D eigenvalue weighted by Gasteiger charge is -2.22. The zero-order valence-electron chi connectivity index (χ0n) is 11.2. The second-order valence-electron chi connectivity index (χ2n) is 5.56. The van der Waals surface area contributed by atoms with E-state index in [0.717, 1.165) is 10.2 Å². The SMILES string of the molecule is CC(N=C1NC2(CCCC2)CS1)c1ccc(Cl)cc1. The molecule has 1 saturated carbocycles. The van der Waals surface area contributed by atoms with E-state index in [4.69, 9.17) is 16.6 Å². The van der Waals surface area contributed by atoms with Gasteiger partial charge in [-0.25, -0.2) is 0 Å². The number of hydrogen-bond donors (Lipinski definition) is 1. The lowest BCUT2D eigenvalue weighted by molar-refractivity contribution is 0.452. The fraction of sp³-hybridized carbons (Fsp3) is 0.533. The van der Waals surface area contributed by atoms with Crippen molar-refractivity contribution in [2.24, 2.45) is 4.99 Å². The van der Waals surface area contributed by atoms with Crippen LogP contribution in [0.3, 0.4) is 0 Å². The minimum atomic E-state index is 0.184. The first-order chi connectivity index (χ1) is 9.17. The summed E-state index contributed by atoms with van der Waals surface area (Å²) in [7, 11) is 0. The Labute approximate surface area is 124 Å². The largest absolute Gasteiger partial charge is 0.359 e. The molecule has 0 bridgehead atoms. The van der Waals surface area contributed by atoms with Gasteiger partial charge in [-0.3, -0.25) is 4.99 Å². The number of aliphatic imine (C=N–C) groups is 1. The van der Waals surface area contributed by atoms with E-state index in [0.29, 0.717) is 5.54 Å². The van der Waals surface area contributed by atoms with Crippen LogP contribution in [0.5, 0.6) is 0 Å². The molecule has 2 aliphatic rings. The van der Waals surface area contributed by atoms with Gasteiger partial charge in [0.1, 0.15) is 0 Å². The molecule has 0 radical (unpaired) electrons. The minimum absolute atomic E-state index is 0.184. The molecule has 1 spiro atoms. The summed E-state index contributed by atoms with van der Waals surface area (Å²) in [4.78, 5) is 4.82. The van der Waals surface area contributed by atoms with Gasteiger partial charge in [-0.1, -0.05) is 48.3 Å². The van der Waals surface area contributed by atoms with E-state index in [1.165, 1.54) is 37.0 Å². The highest BCUT2D eigenvalue weighted by Crippen LogP contribution is 2.38. The lowest BCUT2D eigenvalue weighted by Crippen LogP contribution is -2.40. The molecule has 0 aromatic heterocycles. The third-order valence-corrected chi connectivity index (χ3v) is 5.51. The highest BCUT2D eigenvalue weighted by atomic mass is 35.5. The van der Waals surface area contributed by atoms with E-state index >= 15 is 0 Å². The predicted molar refractivity (Wildman–Crippen MR) is 84.1 cm³/mol. The van der Waals surface area contributed by atoms with Crippen LogP contribution in [-0.2, 0) is 0 Å². The summed E-state index contributed by atoms with van der Waals surface area (Å²) in [5.41, 5.74) is 1.56. The van der Waals surface area contributed by atoms with Crippen molar-refractivity contribution in [2.45, 2.75) is 44.2 Å². The molecule has 1 aromatic rings. The Kier molecular flexibility index (Phi) is 3.77. The quantitative estimate of drug-likeness (QED) is 0.874. The number of halogens is 1. The molecule has 1 aromatic carbocycles. The molecule has 1 aliphatic carbocycles. The number of nitrogens with zero attached hydrogens (tertiary/aromatic N) is 1. The Bertz CT molecular complexity index is 477. The van der Waals surface area contributed by atoms with Gasteiger partial charge in [0, 0.05) is 16.3 Å². The molecule has 19 heavy (non-hydrogen) atoms. The second-order valence-corrected chi connectivity index (χ2v) is 6.96. The van der Waals surface area contributed by atoms with Crippen molar-refractivity contribution in [1.82, 2.24) is 5.32 Å². The molecule has 1 aliphatic heterocycles. The van der Waals surface area contributed by atoms with Crippen molar-refractivity contribution >= 4 is 28.5 Å². The first-order valence-corrected chi connectivity index (χ1v) is 8.28. The summed E-state index contributed by atoms with van der Waals surface area (Å²) in [6.07, 6.45) is 5.31. The molecule has 0 amide bonds. The van der Waals surface area contributed by atoms with Crippen LogP contribution in [0.25, 0.3) is 0 Å². The van der Waals surface area contributed by atoms with Crippen LogP contribution in [0.4, 0.5) is 0 Å². The summed E-state index contributed by atoms with van der Waals surface area (Å²) in [6, 6.07) is 8.16. The van der Waals surface area contributed by atoms with Gasteiger partial charge < -0.3 is 5.32 Å². The van der Waals surface area contributed by atoms with E-state index in [1.807, 2.05) is 23.9 Å². The topological polar surface area (TPSA) is 24.4 Å². The Morgan fingerprint density at radius 1 is 1.26 bits per heavy atom. The molecule has 1 unspecified atom stereocenters. The van der Waals surface area contributed by atoms with Crippen LogP contribution in [0.15, 0.2) is 29.3 Å². The van der Waals surface area contributed by atoms with Crippen molar-refractivity contribution in [3.05, 3.63) is 34.9 Å². The minimum Gasteiger partial charge on any atom is -0.359 e. The Hall–Kier alpha value is -0.670. The highest BCUT2D eigenvalue weighted by molar-refractivity contribution is 8.14. The molecule has 2 fully saturated rings.